The highest BCUT2D eigenvalue weighted by atomic mass is 16.7. The number of hydrogen-bond acceptors (Lipinski definition) is 7. The second kappa shape index (κ2) is 5.88. The lowest BCUT2D eigenvalue weighted by Gasteiger charge is -2.10. The van der Waals surface area contributed by atoms with Crippen LogP contribution in [0.4, 0.5) is 0 Å². The second-order valence-electron chi connectivity index (χ2n) is 5.11. The summed E-state index contributed by atoms with van der Waals surface area (Å²) in [6, 6.07) is 7.42. The number of nitro groups is 2. The van der Waals surface area contributed by atoms with Crippen molar-refractivity contribution < 1.29 is 14.4 Å². The molecule has 2 rings (SSSR count). The monoisotopic (exact) mass is 306 g/mol. The zero-order valence-corrected chi connectivity index (χ0v) is 12.1. The molecular formula is C13H14N4O5. The van der Waals surface area contributed by atoms with Crippen LogP contribution in [0.2, 0.25) is 0 Å². The lowest BCUT2D eigenvalue weighted by atomic mass is 10.1. The highest BCUT2D eigenvalue weighted by Crippen LogP contribution is 2.20. The smallest absolute Gasteiger partial charge is 0.339 e. The normalized spacial score (nSPS) is 11.4. The molecule has 2 aromatic rings. The predicted octanol–water partition coefficient (Wildman–Crippen LogP) is 2.25. The SMILES string of the molecule is Cc1ccc(-c2noc(CCC(C)([N+](=O)[O-])[N+](=O)[O-])n2)cc1. The van der Waals surface area contributed by atoms with E-state index in [0.717, 1.165) is 18.1 Å². The summed E-state index contributed by atoms with van der Waals surface area (Å²) in [6.07, 6.45) is -0.375. The van der Waals surface area contributed by atoms with Crippen LogP contribution in [0.15, 0.2) is 28.8 Å². The van der Waals surface area contributed by atoms with E-state index in [-0.39, 0.29) is 18.7 Å². The summed E-state index contributed by atoms with van der Waals surface area (Å²) in [6.45, 7) is 2.91. The van der Waals surface area contributed by atoms with Gasteiger partial charge in [-0.15, -0.1) is 0 Å². The summed E-state index contributed by atoms with van der Waals surface area (Å²) in [5.41, 5.74) is -0.439. The quantitative estimate of drug-likeness (QED) is 0.455. The van der Waals surface area contributed by atoms with Gasteiger partial charge in [-0.25, -0.2) is 0 Å². The average Bonchev–Trinajstić information content (AvgIpc) is 2.94. The van der Waals surface area contributed by atoms with Crippen molar-refractivity contribution in [3.8, 4) is 11.4 Å². The topological polar surface area (TPSA) is 125 Å². The molecule has 0 radical (unpaired) electrons. The minimum absolute atomic E-state index is 0.0443. The lowest BCUT2D eigenvalue weighted by Crippen LogP contribution is -2.43. The zero-order valence-electron chi connectivity index (χ0n) is 12.1. The Bertz CT molecular complexity index is 681. The molecule has 0 fully saturated rings. The maximum atomic E-state index is 10.8. The van der Waals surface area contributed by atoms with Crippen LogP contribution in [-0.4, -0.2) is 25.7 Å². The summed E-state index contributed by atoms with van der Waals surface area (Å²) >= 11 is 0. The van der Waals surface area contributed by atoms with Gasteiger partial charge in [-0.1, -0.05) is 35.0 Å². The van der Waals surface area contributed by atoms with Crippen molar-refractivity contribution in [1.82, 2.24) is 10.1 Å². The van der Waals surface area contributed by atoms with Crippen molar-refractivity contribution in [3.63, 3.8) is 0 Å². The predicted molar refractivity (Wildman–Crippen MR) is 75.2 cm³/mol. The van der Waals surface area contributed by atoms with E-state index in [4.69, 9.17) is 4.52 Å². The van der Waals surface area contributed by atoms with Gasteiger partial charge in [-0.2, -0.15) is 4.98 Å². The van der Waals surface area contributed by atoms with Crippen LogP contribution in [0.1, 0.15) is 24.8 Å². The summed E-state index contributed by atoms with van der Waals surface area (Å²) in [7, 11) is 0. The molecule has 1 heterocycles. The Morgan fingerprint density at radius 1 is 1.18 bits per heavy atom. The first-order valence-corrected chi connectivity index (χ1v) is 6.51. The maximum Gasteiger partial charge on any atom is 0.456 e. The van der Waals surface area contributed by atoms with Crippen molar-refractivity contribution in [2.45, 2.75) is 32.4 Å². The molecule has 0 atom stereocenters. The third kappa shape index (κ3) is 3.08. The molecule has 9 heteroatoms. The summed E-state index contributed by atoms with van der Waals surface area (Å²) < 4.78 is 5.00. The van der Waals surface area contributed by atoms with Gasteiger partial charge in [-0.3, -0.25) is 20.2 Å². The Hall–Kier alpha value is -2.84. The van der Waals surface area contributed by atoms with Crippen molar-refractivity contribution in [1.29, 1.82) is 0 Å². The van der Waals surface area contributed by atoms with Crippen molar-refractivity contribution in [2.75, 3.05) is 0 Å². The molecule has 0 N–H and O–H groups in total. The van der Waals surface area contributed by atoms with Gasteiger partial charge >= 0.3 is 5.66 Å². The summed E-state index contributed by atoms with van der Waals surface area (Å²) in [5.74, 6) is 0.476. The molecule has 0 aliphatic heterocycles. The molecule has 0 amide bonds. The van der Waals surface area contributed by atoms with E-state index in [0.29, 0.717) is 5.82 Å². The fourth-order valence-electron chi connectivity index (χ4n) is 1.77. The molecule has 0 unspecified atom stereocenters. The molecule has 0 spiro atoms. The first-order valence-electron chi connectivity index (χ1n) is 6.51. The number of benzene rings is 1. The lowest BCUT2D eigenvalue weighted by molar-refractivity contribution is -0.793. The van der Waals surface area contributed by atoms with Crippen LogP contribution in [0.25, 0.3) is 11.4 Å². The molecule has 0 aliphatic carbocycles. The Balaban J connectivity index is 2.11. The highest BCUT2D eigenvalue weighted by molar-refractivity contribution is 5.54. The van der Waals surface area contributed by atoms with Crippen molar-refractivity contribution in [2.24, 2.45) is 0 Å². The van der Waals surface area contributed by atoms with Gasteiger partial charge in [0, 0.05) is 12.0 Å². The van der Waals surface area contributed by atoms with Gasteiger partial charge in [0.15, 0.2) is 0 Å². The first-order chi connectivity index (χ1) is 10.3. The third-order valence-corrected chi connectivity index (χ3v) is 3.38. The average molecular weight is 306 g/mol. The fourth-order valence-corrected chi connectivity index (χ4v) is 1.77. The Labute approximate surface area is 125 Å². The Morgan fingerprint density at radius 3 is 2.32 bits per heavy atom. The molecular weight excluding hydrogens is 292 g/mol. The van der Waals surface area contributed by atoms with Gasteiger partial charge < -0.3 is 4.52 Å². The van der Waals surface area contributed by atoms with Gasteiger partial charge in [0.05, 0.1) is 23.2 Å². The number of hydrogen-bond donors (Lipinski definition) is 0. The van der Waals surface area contributed by atoms with E-state index in [2.05, 4.69) is 10.1 Å². The number of aromatic nitrogens is 2. The van der Waals surface area contributed by atoms with Crippen molar-refractivity contribution in [3.05, 3.63) is 55.9 Å². The molecule has 1 aromatic heterocycles. The van der Waals surface area contributed by atoms with E-state index in [9.17, 15) is 20.2 Å². The second-order valence-corrected chi connectivity index (χ2v) is 5.11. The first kappa shape index (κ1) is 15.5. The number of nitrogens with zero attached hydrogens (tertiary/aromatic N) is 4. The van der Waals surface area contributed by atoms with Crippen LogP contribution >= 0.6 is 0 Å². The standard InChI is InChI=1S/C13H14N4O5/c1-9-3-5-10(6-4-9)12-14-11(22-15-12)7-8-13(2,16(18)19)17(20)21/h3-6H,7-8H2,1-2H3. The molecule has 9 nitrogen and oxygen atoms in total. The van der Waals surface area contributed by atoms with Gasteiger partial charge in [0.2, 0.25) is 11.7 Å². The van der Waals surface area contributed by atoms with Gasteiger partial charge in [-0.05, 0) is 6.92 Å². The molecule has 22 heavy (non-hydrogen) atoms. The largest absolute Gasteiger partial charge is 0.456 e. The molecule has 0 saturated heterocycles. The number of aryl methyl sites for hydroxylation is 2. The third-order valence-electron chi connectivity index (χ3n) is 3.38. The number of rotatable bonds is 6. The molecule has 0 aliphatic rings. The van der Waals surface area contributed by atoms with Crippen LogP contribution in [0.3, 0.4) is 0 Å². The molecule has 0 saturated carbocycles. The molecule has 0 bridgehead atoms. The fraction of sp³-hybridized carbons (Fsp3) is 0.385. The maximum absolute atomic E-state index is 10.8. The highest BCUT2D eigenvalue weighted by Gasteiger charge is 2.50. The van der Waals surface area contributed by atoms with Crippen molar-refractivity contribution >= 4 is 0 Å². The molecule has 116 valence electrons. The van der Waals surface area contributed by atoms with Gasteiger partial charge in [0.1, 0.15) is 0 Å². The van der Waals surface area contributed by atoms with E-state index < -0.39 is 15.5 Å². The minimum Gasteiger partial charge on any atom is -0.339 e. The van der Waals surface area contributed by atoms with Gasteiger partial charge in [0.25, 0.3) is 0 Å². The Kier molecular flexibility index (Phi) is 4.15. The van der Waals surface area contributed by atoms with Crippen LogP contribution < -0.4 is 0 Å². The van der Waals surface area contributed by atoms with E-state index >= 15 is 0 Å². The van der Waals surface area contributed by atoms with Crippen LogP contribution in [0, 0.1) is 27.2 Å². The van der Waals surface area contributed by atoms with Crippen LogP contribution in [-0.2, 0) is 6.42 Å². The minimum atomic E-state index is -2.27. The van der Waals surface area contributed by atoms with E-state index in [1.54, 1.807) is 0 Å². The summed E-state index contributed by atoms with van der Waals surface area (Å²) in [4.78, 5) is 24.0. The summed E-state index contributed by atoms with van der Waals surface area (Å²) in [5, 5.41) is 25.5. The van der Waals surface area contributed by atoms with E-state index in [1.807, 2.05) is 31.2 Å². The van der Waals surface area contributed by atoms with Crippen LogP contribution in [0.5, 0.6) is 0 Å². The Morgan fingerprint density at radius 2 is 1.77 bits per heavy atom. The molecule has 1 aromatic carbocycles. The van der Waals surface area contributed by atoms with E-state index in [1.165, 1.54) is 0 Å². The zero-order chi connectivity index (χ0) is 16.3.